The van der Waals surface area contributed by atoms with E-state index in [1.54, 1.807) is 0 Å². The highest BCUT2D eigenvalue weighted by Gasteiger charge is 2.63. The van der Waals surface area contributed by atoms with Gasteiger partial charge in [-0.15, -0.1) is 0 Å². The lowest BCUT2D eigenvalue weighted by Gasteiger charge is -2.60. The maximum absolute atomic E-state index is 12.2. The van der Waals surface area contributed by atoms with Crippen molar-refractivity contribution >= 4 is 6.29 Å². The van der Waals surface area contributed by atoms with Crippen LogP contribution in [0.25, 0.3) is 0 Å². The van der Waals surface area contributed by atoms with Crippen LogP contribution in [-0.4, -0.2) is 17.0 Å². The van der Waals surface area contributed by atoms with Crippen molar-refractivity contribution in [1.82, 2.24) is 0 Å². The van der Waals surface area contributed by atoms with E-state index in [4.69, 9.17) is 0 Å². The minimum absolute atomic E-state index is 0.00303. The van der Waals surface area contributed by atoms with E-state index in [9.17, 15) is 9.90 Å². The SMILES string of the molecule is CC1(O)CC[C@H]2[C@@H]3CCC4CCCC[C@]4(C=O)[C@@H]3CC[C@@]21C. The normalized spacial score (nSPS) is 57.6. The Balaban J connectivity index is 1.69. The van der Waals surface area contributed by atoms with Gasteiger partial charge < -0.3 is 9.90 Å². The van der Waals surface area contributed by atoms with Gasteiger partial charge in [-0.05, 0) is 87.4 Å². The summed E-state index contributed by atoms with van der Waals surface area (Å²) in [5.41, 5.74) is -0.420. The van der Waals surface area contributed by atoms with Crippen molar-refractivity contribution in [2.75, 3.05) is 0 Å². The van der Waals surface area contributed by atoms with E-state index >= 15 is 0 Å². The molecule has 4 saturated carbocycles. The lowest BCUT2D eigenvalue weighted by Crippen LogP contribution is -2.56. The van der Waals surface area contributed by atoms with Gasteiger partial charge in [0.15, 0.2) is 0 Å². The molecular weight excluding hydrogens is 272 g/mol. The Morgan fingerprint density at radius 1 is 0.909 bits per heavy atom. The standard InChI is InChI=1S/C20H32O2/c1-18-11-8-17-15(16(18)9-12-19(18,2)22)7-6-14-5-3-4-10-20(14,17)13-21/h13-17,22H,3-12H2,1-2H3/t14?,15-,16-,17+,18-,19?,20+/m0/s1. The quantitative estimate of drug-likeness (QED) is 0.731. The van der Waals surface area contributed by atoms with Gasteiger partial charge in [-0.2, -0.15) is 0 Å². The van der Waals surface area contributed by atoms with E-state index in [1.807, 2.05) is 0 Å². The molecule has 1 N–H and O–H groups in total. The molecule has 4 aliphatic carbocycles. The molecule has 7 atom stereocenters. The molecule has 2 nitrogen and oxygen atoms in total. The van der Waals surface area contributed by atoms with E-state index in [0.717, 1.165) is 19.3 Å². The third kappa shape index (κ3) is 1.74. The second kappa shape index (κ2) is 4.82. The third-order valence-corrected chi connectivity index (χ3v) is 8.93. The zero-order chi connectivity index (χ0) is 15.6. The molecule has 124 valence electrons. The van der Waals surface area contributed by atoms with Crippen LogP contribution >= 0.6 is 0 Å². The average Bonchev–Trinajstić information content (AvgIpc) is 2.77. The van der Waals surface area contributed by atoms with Crippen LogP contribution in [0.15, 0.2) is 0 Å². The van der Waals surface area contributed by atoms with Crippen molar-refractivity contribution in [1.29, 1.82) is 0 Å². The van der Waals surface area contributed by atoms with E-state index in [2.05, 4.69) is 13.8 Å². The number of hydrogen-bond acceptors (Lipinski definition) is 2. The fourth-order valence-electron chi connectivity index (χ4n) is 7.43. The molecule has 2 heteroatoms. The molecule has 0 aliphatic heterocycles. The van der Waals surface area contributed by atoms with Crippen molar-refractivity contribution in [2.45, 2.75) is 83.7 Å². The van der Waals surface area contributed by atoms with Gasteiger partial charge in [0.2, 0.25) is 0 Å². The molecule has 4 aliphatic rings. The molecule has 0 amide bonds. The first kappa shape index (κ1) is 15.2. The van der Waals surface area contributed by atoms with Crippen LogP contribution in [0.5, 0.6) is 0 Å². The van der Waals surface area contributed by atoms with Crippen LogP contribution in [0.1, 0.15) is 78.1 Å². The van der Waals surface area contributed by atoms with Crippen LogP contribution in [-0.2, 0) is 4.79 Å². The van der Waals surface area contributed by atoms with Gasteiger partial charge >= 0.3 is 0 Å². The number of aliphatic hydroxyl groups is 1. The molecule has 0 spiro atoms. The first-order chi connectivity index (χ1) is 10.4. The van der Waals surface area contributed by atoms with Gasteiger partial charge in [-0.1, -0.05) is 19.8 Å². The number of fused-ring (bicyclic) bond motifs is 5. The largest absolute Gasteiger partial charge is 0.390 e. The predicted molar refractivity (Wildman–Crippen MR) is 87.4 cm³/mol. The molecule has 4 fully saturated rings. The Hall–Kier alpha value is -0.370. The first-order valence-corrected chi connectivity index (χ1v) is 9.63. The Labute approximate surface area is 135 Å². The smallest absolute Gasteiger partial charge is 0.126 e. The summed E-state index contributed by atoms with van der Waals surface area (Å²) >= 11 is 0. The van der Waals surface area contributed by atoms with Gasteiger partial charge in [0.05, 0.1) is 5.60 Å². The lowest BCUT2D eigenvalue weighted by molar-refractivity contribution is -0.158. The minimum atomic E-state index is -0.500. The number of carbonyl (C=O) groups is 1. The van der Waals surface area contributed by atoms with Crippen LogP contribution < -0.4 is 0 Å². The van der Waals surface area contributed by atoms with E-state index < -0.39 is 5.60 Å². The van der Waals surface area contributed by atoms with Gasteiger partial charge in [-0.25, -0.2) is 0 Å². The fraction of sp³-hybridized carbons (Fsp3) is 0.950. The van der Waals surface area contributed by atoms with Crippen molar-refractivity contribution in [3.8, 4) is 0 Å². The summed E-state index contributed by atoms with van der Waals surface area (Å²) in [6.07, 6.45) is 13.4. The monoisotopic (exact) mass is 304 g/mol. The Morgan fingerprint density at radius 2 is 1.68 bits per heavy atom. The maximum Gasteiger partial charge on any atom is 0.126 e. The molecule has 0 aromatic heterocycles. The predicted octanol–water partition coefficient (Wildman–Crippen LogP) is 4.35. The Morgan fingerprint density at radius 3 is 2.45 bits per heavy atom. The number of carbonyl (C=O) groups excluding carboxylic acids is 1. The number of aldehydes is 1. The molecule has 22 heavy (non-hydrogen) atoms. The lowest BCUT2D eigenvalue weighted by atomic mass is 9.44. The highest BCUT2D eigenvalue weighted by molar-refractivity contribution is 5.61. The van der Waals surface area contributed by atoms with Crippen LogP contribution in [0.3, 0.4) is 0 Å². The summed E-state index contributed by atoms with van der Waals surface area (Å²) in [7, 11) is 0. The van der Waals surface area contributed by atoms with Gasteiger partial charge in [0.25, 0.3) is 0 Å². The van der Waals surface area contributed by atoms with Crippen molar-refractivity contribution in [2.24, 2.45) is 34.5 Å². The second-order valence-electron chi connectivity index (χ2n) is 9.40. The van der Waals surface area contributed by atoms with Crippen LogP contribution in [0, 0.1) is 34.5 Å². The molecule has 0 aromatic rings. The molecular formula is C20H32O2. The number of hydrogen-bond donors (Lipinski definition) is 1. The molecule has 0 heterocycles. The maximum atomic E-state index is 12.2. The summed E-state index contributed by atoms with van der Waals surface area (Å²) in [6, 6.07) is 0. The van der Waals surface area contributed by atoms with Crippen LogP contribution in [0.2, 0.25) is 0 Å². The summed E-state index contributed by atoms with van der Waals surface area (Å²) in [5, 5.41) is 10.9. The molecule has 0 aromatic carbocycles. The van der Waals surface area contributed by atoms with Gasteiger partial charge in [-0.3, -0.25) is 0 Å². The van der Waals surface area contributed by atoms with Crippen molar-refractivity contribution < 1.29 is 9.90 Å². The zero-order valence-corrected chi connectivity index (χ0v) is 14.3. The first-order valence-electron chi connectivity index (χ1n) is 9.63. The van der Waals surface area contributed by atoms with Crippen LogP contribution in [0.4, 0.5) is 0 Å². The highest BCUT2D eigenvalue weighted by atomic mass is 16.3. The molecule has 4 rings (SSSR count). The Kier molecular flexibility index (Phi) is 3.32. The molecule has 2 unspecified atom stereocenters. The summed E-state index contributed by atoms with van der Waals surface area (Å²) < 4.78 is 0. The topological polar surface area (TPSA) is 37.3 Å². The van der Waals surface area contributed by atoms with Crippen molar-refractivity contribution in [3.05, 3.63) is 0 Å². The van der Waals surface area contributed by atoms with Gasteiger partial charge in [0.1, 0.15) is 6.29 Å². The molecule has 0 saturated heterocycles. The fourth-order valence-corrected chi connectivity index (χ4v) is 7.43. The third-order valence-electron chi connectivity index (χ3n) is 8.93. The minimum Gasteiger partial charge on any atom is -0.390 e. The van der Waals surface area contributed by atoms with E-state index in [-0.39, 0.29) is 10.8 Å². The summed E-state index contributed by atoms with van der Waals surface area (Å²) in [6.45, 7) is 4.40. The number of rotatable bonds is 1. The van der Waals surface area contributed by atoms with Gasteiger partial charge in [0, 0.05) is 5.41 Å². The highest BCUT2D eigenvalue weighted by Crippen LogP contribution is 2.67. The zero-order valence-electron chi connectivity index (χ0n) is 14.3. The van der Waals surface area contributed by atoms with E-state index in [0.29, 0.717) is 23.7 Å². The molecule has 0 bridgehead atoms. The van der Waals surface area contributed by atoms with Crippen molar-refractivity contribution in [3.63, 3.8) is 0 Å². The summed E-state index contributed by atoms with van der Waals surface area (Å²) in [5.74, 6) is 2.59. The molecule has 0 radical (unpaired) electrons. The Bertz CT molecular complexity index is 470. The van der Waals surface area contributed by atoms with E-state index in [1.165, 1.54) is 51.2 Å². The summed E-state index contributed by atoms with van der Waals surface area (Å²) in [4.78, 5) is 12.2. The average molecular weight is 304 g/mol. The second-order valence-corrected chi connectivity index (χ2v) is 9.40.